The fourth-order valence-corrected chi connectivity index (χ4v) is 5.13. The molecule has 2 aromatic heterocycles. The number of nitrogens with one attached hydrogen (secondary N) is 2. The molecule has 2 aliphatic carbocycles. The second-order valence-corrected chi connectivity index (χ2v) is 11.1. The van der Waals surface area contributed by atoms with Gasteiger partial charge < -0.3 is 16.4 Å². The Morgan fingerprint density at radius 3 is 2.07 bits per heavy atom. The number of carbonyl (C=O) groups excluding carboxylic acids is 1. The summed E-state index contributed by atoms with van der Waals surface area (Å²) in [5.41, 5.74) is 17.8. The second kappa shape index (κ2) is 15.4. The molecule has 2 aliphatic rings. The molecular formula is C34H43N9O. The Hall–Kier alpha value is -5.12. The summed E-state index contributed by atoms with van der Waals surface area (Å²) in [7, 11) is 3.90. The van der Waals surface area contributed by atoms with Gasteiger partial charge in [0.15, 0.2) is 5.78 Å². The molecule has 0 amide bonds. The standard InChI is InChI=1S/C14H14N2.C14H17NO.C4H6N4.C2H6N2/c1-9-7-11-8-15-10(2)16-14(11)13-6-4-3-5-12(9)13;1-10-8-11(9-15(2)3)14(16)13-7-5-4-6-12(10)13;5-4(6)8-3-1-2-7-8;1-2(3)4/h3-6,8-9H,7H2,1-2H3;4-7,9-10H,8H2,1-3H3;1-3H,(H3,5,6);1H3,(H3,3,4)/b;11-9+;;. The highest BCUT2D eigenvalue weighted by atomic mass is 16.1. The van der Waals surface area contributed by atoms with E-state index in [-0.39, 0.29) is 17.6 Å². The van der Waals surface area contributed by atoms with Gasteiger partial charge in [-0.15, -0.1) is 0 Å². The lowest BCUT2D eigenvalue weighted by atomic mass is 9.80. The summed E-state index contributed by atoms with van der Waals surface area (Å²) >= 11 is 0. The van der Waals surface area contributed by atoms with E-state index >= 15 is 0 Å². The van der Waals surface area contributed by atoms with E-state index in [0.29, 0.717) is 11.8 Å². The molecular weight excluding hydrogens is 550 g/mol. The van der Waals surface area contributed by atoms with Crippen LogP contribution < -0.4 is 11.5 Å². The van der Waals surface area contributed by atoms with Crippen molar-refractivity contribution in [2.75, 3.05) is 14.1 Å². The number of Topliss-reactive ketones (excluding diaryl/α,β-unsaturated/α-hetero) is 1. The largest absolute Gasteiger partial charge is 0.388 e. The Morgan fingerprint density at radius 2 is 1.52 bits per heavy atom. The van der Waals surface area contributed by atoms with Crippen LogP contribution in [0.5, 0.6) is 0 Å². The van der Waals surface area contributed by atoms with Crippen LogP contribution in [0.1, 0.15) is 71.9 Å². The number of carbonyl (C=O) groups is 1. The summed E-state index contributed by atoms with van der Waals surface area (Å²) in [6.45, 7) is 7.91. The molecule has 6 rings (SSSR count). The molecule has 2 unspecified atom stereocenters. The molecule has 0 radical (unpaired) electrons. The molecule has 4 aromatic rings. The number of rotatable bonds is 1. The summed E-state index contributed by atoms with van der Waals surface area (Å²) in [4.78, 5) is 23.0. The van der Waals surface area contributed by atoms with Crippen LogP contribution in [0.2, 0.25) is 0 Å². The third kappa shape index (κ3) is 8.94. The van der Waals surface area contributed by atoms with Crippen LogP contribution in [0.25, 0.3) is 11.3 Å². The first kappa shape index (κ1) is 33.4. The van der Waals surface area contributed by atoms with E-state index in [2.05, 4.69) is 59.2 Å². The zero-order valence-electron chi connectivity index (χ0n) is 26.4. The highest BCUT2D eigenvalue weighted by molar-refractivity contribution is 6.10. The molecule has 10 heteroatoms. The van der Waals surface area contributed by atoms with Crippen LogP contribution in [0.15, 0.2) is 85.0 Å². The summed E-state index contributed by atoms with van der Waals surface area (Å²) in [6.07, 6.45) is 8.99. The fourth-order valence-electron chi connectivity index (χ4n) is 5.13. The van der Waals surface area contributed by atoms with Gasteiger partial charge in [0.1, 0.15) is 5.82 Å². The maximum absolute atomic E-state index is 12.2. The summed E-state index contributed by atoms with van der Waals surface area (Å²) in [5.74, 6) is 2.13. The van der Waals surface area contributed by atoms with Crippen molar-refractivity contribution >= 4 is 17.6 Å². The molecule has 44 heavy (non-hydrogen) atoms. The number of nitrogens with zero attached hydrogens (tertiary/aromatic N) is 5. The van der Waals surface area contributed by atoms with Gasteiger partial charge in [0.25, 0.3) is 0 Å². The molecule has 2 atom stereocenters. The van der Waals surface area contributed by atoms with Crippen LogP contribution in [-0.2, 0) is 6.42 Å². The summed E-state index contributed by atoms with van der Waals surface area (Å²) in [6, 6.07) is 18.2. The highest BCUT2D eigenvalue weighted by Crippen LogP contribution is 2.37. The number of hydrogen-bond acceptors (Lipinski definition) is 7. The van der Waals surface area contributed by atoms with Crippen molar-refractivity contribution in [2.45, 2.75) is 52.4 Å². The van der Waals surface area contributed by atoms with Gasteiger partial charge in [0.2, 0.25) is 5.96 Å². The zero-order valence-corrected chi connectivity index (χ0v) is 26.4. The van der Waals surface area contributed by atoms with Crippen LogP contribution in [0.4, 0.5) is 0 Å². The average Bonchev–Trinajstić information content (AvgIpc) is 3.53. The van der Waals surface area contributed by atoms with Crippen LogP contribution >= 0.6 is 0 Å². The maximum atomic E-state index is 12.2. The molecule has 2 heterocycles. The van der Waals surface area contributed by atoms with Crippen molar-refractivity contribution in [1.82, 2.24) is 24.6 Å². The lowest BCUT2D eigenvalue weighted by molar-refractivity contribution is 0.102. The predicted octanol–water partition coefficient (Wildman–Crippen LogP) is 5.50. The monoisotopic (exact) mass is 593 g/mol. The number of allylic oxidation sites excluding steroid dienone is 1. The van der Waals surface area contributed by atoms with Crippen molar-refractivity contribution < 1.29 is 4.79 Å². The smallest absolute Gasteiger partial charge is 0.213 e. The molecule has 0 spiro atoms. The van der Waals surface area contributed by atoms with Gasteiger partial charge in [-0.05, 0) is 61.3 Å². The van der Waals surface area contributed by atoms with Gasteiger partial charge in [-0.2, -0.15) is 5.10 Å². The minimum absolute atomic E-state index is 0.0602. The quantitative estimate of drug-likeness (QED) is 0.129. The third-order valence-electron chi connectivity index (χ3n) is 6.98. The molecule has 0 fully saturated rings. The van der Waals surface area contributed by atoms with E-state index in [1.54, 1.807) is 18.5 Å². The molecule has 0 saturated heterocycles. The highest BCUT2D eigenvalue weighted by Gasteiger charge is 2.26. The molecule has 0 bridgehead atoms. The molecule has 2 aromatic carbocycles. The number of aromatic nitrogens is 4. The maximum Gasteiger partial charge on any atom is 0.213 e. The lowest BCUT2D eigenvalue weighted by Gasteiger charge is -2.24. The van der Waals surface area contributed by atoms with E-state index in [0.717, 1.165) is 35.5 Å². The van der Waals surface area contributed by atoms with Crippen molar-refractivity contribution in [1.29, 1.82) is 10.8 Å². The normalized spacial score (nSPS) is 16.7. The minimum atomic E-state index is -0.0602. The van der Waals surface area contributed by atoms with Gasteiger partial charge in [-0.25, -0.2) is 14.6 Å². The molecule has 10 nitrogen and oxygen atoms in total. The summed E-state index contributed by atoms with van der Waals surface area (Å²) in [5, 5.41) is 16.8. The molecule has 230 valence electrons. The Balaban J connectivity index is 0.000000178. The van der Waals surface area contributed by atoms with Crippen molar-refractivity contribution in [2.24, 2.45) is 11.5 Å². The number of hydrogen-bond donors (Lipinski definition) is 4. The Labute approximate surface area is 259 Å². The number of aryl methyl sites for hydroxylation is 1. The van der Waals surface area contributed by atoms with E-state index in [9.17, 15) is 4.79 Å². The third-order valence-corrected chi connectivity index (χ3v) is 6.98. The first-order valence-electron chi connectivity index (χ1n) is 14.5. The van der Waals surface area contributed by atoms with E-state index in [1.807, 2.05) is 56.5 Å². The Bertz CT molecular complexity index is 1620. The number of ketones is 1. The van der Waals surface area contributed by atoms with Crippen LogP contribution in [0.3, 0.4) is 0 Å². The van der Waals surface area contributed by atoms with Crippen molar-refractivity contribution in [3.63, 3.8) is 0 Å². The molecule has 0 saturated carbocycles. The van der Waals surface area contributed by atoms with Gasteiger partial charge in [-0.1, -0.05) is 62.4 Å². The van der Waals surface area contributed by atoms with Gasteiger partial charge in [0.05, 0.1) is 11.5 Å². The predicted molar refractivity (Wildman–Crippen MR) is 177 cm³/mol. The number of nitrogen functional groups attached to an aromatic ring is 1. The zero-order chi connectivity index (χ0) is 32.4. The SMILES string of the molecule is CC(=N)N.CC1C/C(=C\N(C)C)C(=O)c2ccccc21.Cc1ncc2c(n1)-c1ccccc1C(C)C2.N=C(N)n1cccn1. The Morgan fingerprint density at radius 1 is 0.955 bits per heavy atom. The molecule has 6 N–H and O–H groups in total. The number of fused-ring (bicyclic) bond motifs is 4. The Kier molecular flexibility index (Phi) is 11.7. The second-order valence-electron chi connectivity index (χ2n) is 11.1. The summed E-state index contributed by atoms with van der Waals surface area (Å²) < 4.78 is 1.28. The number of benzene rings is 2. The van der Waals surface area contributed by atoms with Gasteiger partial charge in [-0.3, -0.25) is 15.6 Å². The van der Waals surface area contributed by atoms with E-state index < -0.39 is 0 Å². The van der Waals surface area contributed by atoms with Crippen molar-refractivity contribution in [3.8, 4) is 11.3 Å². The van der Waals surface area contributed by atoms with E-state index in [1.165, 1.54) is 33.9 Å². The number of nitrogens with two attached hydrogens (primary N) is 2. The lowest BCUT2D eigenvalue weighted by Crippen LogP contribution is -2.20. The first-order valence-corrected chi connectivity index (χ1v) is 14.5. The molecule has 0 aliphatic heterocycles. The number of amidine groups is 1. The minimum Gasteiger partial charge on any atom is -0.388 e. The van der Waals surface area contributed by atoms with E-state index in [4.69, 9.17) is 22.3 Å². The fraction of sp³-hybridized carbons (Fsp3) is 0.294. The van der Waals surface area contributed by atoms with Crippen LogP contribution in [-0.4, -0.2) is 56.3 Å². The van der Waals surface area contributed by atoms with Crippen molar-refractivity contribution in [3.05, 3.63) is 113 Å². The van der Waals surface area contributed by atoms with Gasteiger partial charge >= 0.3 is 0 Å². The van der Waals surface area contributed by atoms with Crippen LogP contribution in [0, 0.1) is 17.7 Å². The first-order chi connectivity index (χ1) is 20.9. The van der Waals surface area contributed by atoms with Gasteiger partial charge in [0, 0.05) is 55.6 Å². The topological polar surface area (TPSA) is 164 Å². The average molecular weight is 594 g/mol.